The van der Waals surface area contributed by atoms with Crippen LogP contribution in [0.5, 0.6) is 0 Å². The number of unbranched alkanes of at least 4 members (excludes halogenated alkanes) is 1. The maximum absolute atomic E-state index is 11.8. The van der Waals surface area contributed by atoms with Crippen molar-refractivity contribution in [2.75, 3.05) is 0 Å². The van der Waals surface area contributed by atoms with Gasteiger partial charge in [-0.3, -0.25) is 9.59 Å². The monoisotopic (exact) mass is 219 g/mol. The van der Waals surface area contributed by atoms with Crippen molar-refractivity contribution in [2.24, 2.45) is 0 Å². The number of Topliss-reactive ketones (excluding diaryl/α,β-unsaturated/α-hetero) is 1. The molecule has 0 unspecified atom stereocenters. The molecule has 0 bridgehead atoms. The first-order valence-electron chi connectivity index (χ1n) is 6.00. The van der Waals surface area contributed by atoms with Crippen LogP contribution >= 0.6 is 0 Å². The summed E-state index contributed by atoms with van der Waals surface area (Å²) in [5.74, 6) is 0.187. The average molecular weight is 219 g/mol. The third kappa shape index (κ3) is 1.94. The molecule has 0 atom stereocenters. The lowest BCUT2D eigenvalue weighted by atomic mass is 9.94. The smallest absolute Gasteiger partial charge is 0.250 e. The second-order valence-corrected chi connectivity index (χ2v) is 4.31. The van der Waals surface area contributed by atoms with Crippen molar-refractivity contribution in [3.05, 3.63) is 33.7 Å². The number of fused-ring (bicyclic) bond motifs is 1. The lowest BCUT2D eigenvalue weighted by molar-refractivity contribution is 0.0970. The van der Waals surface area contributed by atoms with E-state index in [1.54, 1.807) is 10.6 Å². The highest BCUT2D eigenvalue weighted by atomic mass is 16.1. The number of aromatic nitrogens is 1. The van der Waals surface area contributed by atoms with Crippen LogP contribution in [0.25, 0.3) is 0 Å². The first-order chi connectivity index (χ1) is 7.74. The largest absolute Gasteiger partial charge is 0.312 e. The van der Waals surface area contributed by atoms with Crippen molar-refractivity contribution in [3.63, 3.8) is 0 Å². The minimum absolute atomic E-state index is 0.0295. The number of hydrogen-bond donors (Lipinski definition) is 0. The lowest BCUT2D eigenvalue weighted by Gasteiger charge is -2.19. The van der Waals surface area contributed by atoms with Gasteiger partial charge < -0.3 is 4.57 Å². The number of nitrogens with zero attached hydrogens (tertiary/aromatic N) is 1. The fourth-order valence-electron chi connectivity index (χ4n) is 2.26. The van der Waals surface area contributed by atoms with Crippen LogP contribution in [0, 0.1) is 0 Å². The van der Waals surface area contributed by atoms with Crippen molar-refractivity contribution >= 4 is 5.78 Å². The number of rotatable bonds is 3. The quantitative estimate of drug-likeness (QED) is 0.781. The molecule has 0 spiro atoms. The van der Waals surface area contributed by atoms with Gasteiger partial charge in [0.05, 0.1) is 0 Å². The van der Waals surface area contributed by atoms with Gasteiger partial charge in [0, 0.05) is 30.3 Å². The number of hydrogen-bond acceptors (Lipinski definition) is 2. The Morgan fingerprint density at radius 1 is 1.25 bits per heavy atom. The Hall–Kier alpha value is -1.38. The molecule has 1 aromatic heterocycles. The Morgan fingerprint density at radius 2 is 2.06 bits per heavy atom. The molecule has 1 aromatic rings. The maximum atomic E-state index is 11.8. The van der Waals surface area contributed by atoms with E-state index < -0.39 is 0 Å². The van der Waals surface area contributed by atoms with E-state index in [0.29, 0.717) is 6.42 Å². The maximum Gasteiger partial charge on any atom is 0.250 e. The number of pyridine rings is 1. The van der Waals surface area contributed by atoms with Gasteiger partial charge in [0.1, 0.15) is 0 Å². The van der Waals surface area contributed by atoms with Gasteiger partial charge in [0.15, 0.2) is 5.78 Å². The van der Waals surface area contributed by atoms with E-state index in [1.807, 2.05) is 0 Å². The molecule has 0 aromatic carbocycles. The van der Waals surface area contributed by atoms with Gasteiger partial charge in [-0.1, -0.05) is 13.3 Å². The highest BCUT2D eigenvalue weighted by Gasteiger charge is 2.20. The van der Waals surface area contributed by atoms with Crippen LogP contribution in [0.15, 0.2) is 16.9 Å². The summed E-state index contributed by atoms with van der Waals surface area (Å²) in [4.78, 5) is 23.5. The summed E-state index contributed by atoms with van der Waals surface area (Å²) in [5.41, 5.74) is 1.75. The van der Waals surface area contributed by atoms with Crippen LogP contribution in [0.1, 0.15) is 48.7 Å². The molecule has 0 aliphatic heterocycles. The van der Waals surface area contributed by atoms with E-state index in [0.717, 1.165) is 43.5 Å². The van der Waals surface area contributed by atoms with Gasteiger partial charge in [-0.15, -0.1) is 0 Å². The summed E-state index contributed by atoms with van der Waals surface area (Å²) >= 11 is 0. The molecule has 3 heteroatoms. The van der Waals surface area contributed by atoms with Crippen molar-refractivity contribution < 1.29 is 4.79 Å². The average Bonchev–Trinajstić information content (AvgIpc) is 2.28. The van der Waals surface area contributed by atoms with Gasteiger partial charge in [-0.2, -0.15) is 0 Å². The molecule has 2 rings (SSSR count). The van der Waals surface area contributed by atoms with Gasteiger partial charge in [-0.05, 0) is 25.3 Å². The fourth-order valence-corrected chi connectivity index (χ4v) is 2.26. The van der Waals surface area contributed by atoms with E-state index in [9.17, 15) is 9.59 Å². The molecule has 1 heterocycles. The molecular weight excluding hydrogens is 202 g/mol. The first-order valence-corrected chi connectivity index (χ1v) is 6.00. The molecule has 0 fully saturated rings. The van der Waals surface area contributed by atoms with Crippen LogP contribution < -0.4 is 5.56 Å². The molecular formula is C13H17NO2. The fraction of sp³-hybridized carbons (Fsp3) is 0.538. The molecule has 1 aliphatic rings. The van der Waals surface area contributed by atoms with Crippen LogP contribution in [-0.2, 0) is 13.0 Å². The summed E-state index contributed by atoms with van der Waals surface area (Å²) in [6, 6.07) is 3.22. The van der Waals surface area contributed by atoms with Crippen LogP contribution in [-0.4, -0.2) is 10.4 Å². The van der Waals surface area contributed by atoms with Crippen LogP contribution in [0.4, 0.5) is 0 Å². The van der Waals surface area contributed by atoms with Gasteiger partial charge in [0.2, 0.25) is 0 Å². The molecule has 0 amide bonds. The normalized spacial score (nSPS) is 14.9. The summed E-state index contributed by atoms with van der Waals surface area (Å²) in [7, 11) is 0. The van der Waals surface area contributed by atoms with Crippen LogP contribution in [0.3, 0.4) is 0 Å². The highest BCUT2D eigenvalue weighted by molar-refractivity contribution is 5.97. The highest BCUT2D eigenvalue weighted by Crippen LogP contribution is 2.19. The summed E-state index contributed by atoms with van der Waals surface area (Å²) in [6.45, 7) is 2.84. The summed E-state index contributed by atoms with van der Waals surface area (Å²) in [6.07, 6.45) is 4.41. The predicted octanol–water partition coefficient (Wildman–Crippen LogP) is 2.17. The van der Waals surface area contributed by atoms with E-state index >= 15 is 0 Å². The zero-order valence-electron chi connectivity index (χ0n) is 9.66. The molecule has 16 heavy (non-hydrogen) atoms. The Bertz CT molecular complexity index is 459. The molecule has 0 radical (unpaired) electrons. The summed E-state index contributed by atoms with van der Waals surface area (Å²) < 4.78 is 1.79. The van der Waals surface area contributed by atoms with Gasteiger partial charge >= 0.3 is 0 Å². The topological polar surface area (TPSA) is 39.1 Å². The van der Waals surface area contributed by atoms with E-state index in [4.69, 9.17) is 0 Å². The van der Waals surface area contributed by atoms with Crippen molar-refractivity contribution in [2.45, 2.75) is 45.6 Å². The predicted molar refractivity (Wildman–Crippen MR) is 62.9 cm³/mol. The van der Waals surface area contributed by atoms with Crippen molar-refractivity contribution in [1.29, 1.82) is 0 Å². The minimum Gasteiger partial charge on any atom is -0.312 e. The molecule has 0 N–H and O–H groups in total. The Morgan fingerprint density at radius 3 is 2.81 bits per heavy atom. The second-order valence-electron chi connectivity index (χ2n) is 4.31. The summed E-state index contributed by atoms with van der Waals surface area (Å²) in [5, 5.41) is 0. The zero-order valence-corrected chi connectivity index (χ0v) is 9.66. The molecule has 0 saturated carbocycles. The lowest BCUT2D eigenvalue weighted by Crippen LogP contribution is -2.27. The van der Waals surface area contributed by atoms with Crippen molar-refractivity contribution in [3.8, 4) is 0 Å². The number of carbonyl (C=O) groups excluding carboxylic acids is 1. The van der Waals surface area contributed by atoms with Gasteiger partial charge in [-0.25, -0.2) is 0 Å². The number of carbonyl (C=O) groups is 1. The van der Waals surface area contributed by atoms with Crippen LogP contribution in [0.2, 0.25) is 0 Å². The van der Waals surface area contributed by atoms with E-state index in [2.05, 4.69) is 6.92 Å². The number of ketones is 1. The zero-order chi connectivity index (χ0) is 11.5. The SMILES string of the molecule is CCCCn1c2c(ccc1=O)C(=O)CCC2. The molecule has 3 nitrogen and oxygen atoms in total. The van der Waals surface area contributed by atoms with E-state index in [-0.39, 0.29) is 11.3 Å². The standard InChI is InChI=1S/C13H17NO2/c1-2-3-9-14-11-5-4-6-12(15)10(11)7-8-13(14)16/h7-8H,2-6,9H2,1H3. The van der Waals surface area contributed by atoms with Crippen molar-refractivity contribution in [1.82, 2.24) is 4.57 Å². The molecule has 86 valence electrons. The Kier molecular flexibility index (Phi) is 3.22. The van der Waals surface area contributed by atoms with E-state index in [1.165, 1.54) is 6.07 Å². The minimum atomic E-state index is 0.0295. The third-order valence-electron chi connectivity index (χ3n) is 3.15. The molecule has 1 aliphatic carbocycles. The Labute approximate surface area is 95.1 Å². The third-order valence-corrected chi connectivity index (χ3v) is 3.15. The van der Waals surface area contributed by atoms with Gasteiger partial charge in [0.25, 0.3) is 5.56 Å². The first kappa shape index (κ1) is 11.1. The Balaban J connectivity index is 2.46. The second kappa shape index (κ2) is 4.64. The molecule has 0 saturated heterocycles.